The summed E-state index contributed by atoms with van der Waals surface area (Å²) >= 11 is 0. The van der Waals surface area contributed by atoms with Gasteiger partial charge in [-0.1, -0.05) is 30.3 Å². The van der Waals surface area contributed by atoms with E-state index in [0.29, 0.717) is 12.0 Å². The molecule has 0 heterocycles. The normalized spacial score (nSPS) is 13.3. The Hall–Kier alpha value is -3.67. The van der Waals surface area contributed by atoms with Crippen LogP contribution >= 0.6 is 0 Å². The number of rotatable bonds is 13. The van der Waals surface area contributed by atoms with Gasteiger partial charge in [0.1, 0.15) is 12.1 Å². The summed E-state index contributed by atoms with van der Waals surface area (Å²) in [5.41, 5.74) is 17.0. The topological polar surface area (TPSA) is 223 Å². The molecule has 0 radical (unpaired) electrons. The molecule has 0 saturated heterocycles. The molecule has 3 atom stereocenters. The van der Waals surface area contributed by atoms with Crippen LogP contribution < -0.4 is 27.8 Å². The zero-order chi connectivity index (χ0) is 23.4. The van der Waals surface area contributed by atoms with Crippen LogP contribution in [0, 0.1) is 0 Å². The Balaban J connectivity index is 2.86. The number of nitrogens with one attached hydrogen (secondary N) is 2. The highest BCUT2D eigenvalue weighted by Gasteiger charge is 2.29. The lowest BCUT2D eigenvalue weighted by atomic mass is 10.0. The van der Waals surface area contributed by atoms with E-state index in [0.717, 1.165) is 0 Å². The molecule has 0 fully saturated rings. The summed E-state index contributed by atoms with van der Waals surface area (Å²) < 4.78 is 0. The molecule has 0 unspecified atom stereocenters. The van der Waals surface area contributed by atoms with E-state index in [1.165, 1.54) is 0 Å². The first-order valence-electron chi connectivity index (χ1n) is 9.50. The van der Waals surface area contributed by atoms with Crippen molar-refractivity contribution in [3.8, 4) is 0 Å². The molecule has 170 valence electrons. The summed E-state index contributed by atoms with van der Waals surface area (Å²) in [7, 11) is 0. The number of carboxylic acid groups (broad SMARTS) is 2. The number of benzene rings is 1. The summed E-state index contributed by atoms with van der Waals surface area (Å²) in [5.74, 6) is -4.42. The summed E-state index contributed by atoms with van der Waals surface area (Å²) in [6.45, 7) is 0.284. The quantitative estimate of drug-likeness (QED) is 0.104. The second-order valence-corrected chi connectivity index (χ2v) is 6.80. The molecule has 0 bridgehead atoms. The number of carbonyl (C=O) groups is 4. The van der Waals surface area contributed by atoms with Gasteiger partial charge in [0.2, 0.25) is 11.8 Å². The van der Waals surface area contributed by atoms with Crippen molar-refractivity contribution in [1.29, 1.82) is 0 Å². The molecule has 12 heteroatoms. The molecule has 0 aromatic heterocycles. The van der Waals surface area contributed by atoms with Crippen LogP contribution in [0.2, 0.25) is 0 Å². The Morgan fingerprint density at radius 3 is 2.13 bits per heavy atom. The molecule has 0 aliphatic heterocycles. The molecule has 0 saturated carbocycles. The molecule has 1 aromatic carbocycles. The average molecular weight is 436 g/mol. The number of hydrogen-bond donors (Lipinski definition) is 7. The Kier molecular flexibility index (Phi) is 10.5. The lowest BCUT2D eigenvalue weighted by Crippen LogP contribution is -2.55. The first kappa shape index (κ1) is 25.4. The van der Waals surface area contributed by atoms with Crippen LogP contribution in [0.25, 0.3) is 0 Å². The maximum atomic E-state index is 12.7. The predicted molar refractivity (Wildman–Crippen MR) is 112 cm³/mol. The van der Waals surface area contributed by atoms with E-state index in [9.17, 15) is 19.2 Å². The Morgan fingerprint density at radius 2 is 1.58 bits per heavy atom. The van der Waals surface area contributed by atoms with Crippen LogP contribution in [0.3, 0.4) is 0 Å². The van der Waals surface area contributed by atoms with Gasteiger partial charge in [-0.25, -0.2) is 4.79 Å². The highest BCUT2D eigenvalue weighted by molar-refractivity contribution is 5.92. The van der Waals surface area contributed by atoms with Gasteiger partial charge < -0.3 is 38.0 Å². The Labute approximate surface area is 178 Å². The average Bonchev–Trinajstić information content (AvgIpc) is 2.70. The fourth-order valence-electron chi connectivity index (χ4n) is 2.64. The van der Waals surface area contributed by atoms with E-state index in [4.69, 9.17) is 27.4 Å². The van der Waals surface area contributed by atoms with Crippen molar-refractivity contribution in [2.75, 3.05) is 6.54 Å². The summed E-state index contributed by atoms with van der Waals surface area (Å²) in [5, 5.41) is 22.7. The largest absolute Gasteiger partial charge is 0.481 e. The number of carbonyl (C=O) groups excluding carboxylic acids is 2. The van der Waals surface area contributed by atoms with Gasteiger partial charge in [-0.2, -0.15) is 0 Å². The van der Waals surface area contributed by atoms with E-state index in [1.54, 1.807) is 30.3 Å². The van der Waals surface area contributed by atoms with Crippen molar-refractivity contribution in [3.63, 3.8) is 0 Å². The van der Waals surface area contributed by atoms with Crippen molar-refractivity contribution in [2.24, 2.45) is 22.2 Å². The molecule has 0 spiro atoms. The number of hydrogen-bond acceptors (Lipinski definition) is 6. The van der Waals surface area contributed by atoms with Crippen LogP contribution in [0.4, 0.5) is 0 Å². The maximum absolute atomic E-state index is 12.7. The molecular formula is C19H28N6O6. The third-order valence-electron chi connectivity index (χ3n) is 4.21. The van der Waals surface area contributed by atoms with Crippen molar-refractivity contribution in [1.82, 2.24) is 10.6 Å². The van der Waals surface area contributed by atoms with E-state index >= 15 is 0 Å². The number of nitrogens with zero attached hydrogens (tertiary/aromatic N) is 1. The van der Waals surface area contributed by atoms with Crippen LogP contribution in [0.15, 0.2) is 35.3 Å². The zero-order valence-corrected chi connectivity index (χ0v) is 16.9. The van der Waals surface area contributed by atoms with Crippen LogP contribution in [-0.2, 0) is 25.6 Å². The summed E-state index contributed by atoms with van der Waals surface area (Å²) in [6, 6.07) is 4.97. The maximum Gasteiger partial charge on any atom is 0.326 e. The number of amides is 2. The number of nitrogens with two attached hydrogens (primary N) is 3. The standard InChI is InChI=1S/C19H28N6O6/c20-12(7-4-8-23-19(21)22)16(28)24-13(9-11-5-2-1-3-6-11)17(29)25-14(18(30)31)10-15(26)27/h1-3,5-6,12-14H,4,7-10,20H2,(H,24,28)(H,25,29)(H,26,27)(H,30,31)(H4,21,22,23)/t12-,13-,14-/m0/s1. The van der Waals surface area contributed by atoms with Gasteiger partial charge in [0, 0.05) is 13.0 Å². The Bertz CT molecular complexity index is 796. The molecule has 0 aliphatic rings. The minimum absolute atomic E-state index is 0.0541. The third-order valence-corrected chi connectivity index (χ3v) is 4.21. The summed E-state index contributed by atoms with van der Waals surface area (Å²) in [6.07, 6.45) is -0.0727. The van der Waals surface area contributed by atoms with Gasteiger partial charge in [0.05, 0.1) is 12.5 Å². The van der Waals surface area contributed by atoms with Gasteiger partial charge in [0.15, 0.2) is 5.96 Å². The van der Waals surface area contributed by atoms with Crippen LogP contribution in [-0.4, -0.2) is 64.6 Å². The predicted octanol–water partition coefficient (Wildman–Crippen LogP) is -1.86. The van der Waals surface area contributed by atoms with Crippen molar-refractivity contribution in [3.05, 3.63) is 35.9 Å². The smallest absolute Gasteiger partial charge is 0.326 e. The van der Waals surface area contributed by atoms with Gasteiger partial charge >= 0.3 is 11.9 Å². The van der Waals surface area contributed by atoms with Gasteiger partial charge in [-0.3, -0.25) is 19.4 Å². The highest BCUT2D eigenvalue weighted by Crippen LogP contribution is 2.06. The third kappa shape index (κ3) is 10.1. The fourth-order valence-corrected chi connectivity index (χ4v) is 2.64. The van der Waals surface area contributed by atoms with Crippen LogP contribution in [0.5, 0.6) is 0 Å². The van der Waals surface area contributed by atoms with E-state index in [-0.39, 0.29) is 25.3 Å². The first-order valence-corrected chi connectivity index (χ1v) is 9.50. The first-order chi connectivity index (χ1) is 14.6. The van der Waals surface area contributed by atoms with E-state index in [2.05, 4.69) is 15.6 Å². The Morgan fingerprint density at radius 1 is 0.968 bits per heavy atom. The van der Waals surface area contributed by atoms with Crippen molar-refractivity contribution in [2.45, 2.75) is 43.8 Å². The molecule has 31 heavy (non-hydrogen) atoms. The molecule has 1 rings (SSSR count). The lowest BCUT2D eigenvalue weighted by molar-refractivity contribution is -0.147. The highest BCUT2D eigenvalue weighted by atomic mass is 16.4. The van der Waals surface area contributed by atoms with Crippen molar-refractivity contribution < 1.29 is 29.4 Å². The minimum Gasteiger partial charge on any atom is -0.481 e. The molecule has 1 aromatic rings. The molecule has 2 amide bonds. The molecule has 12 nitrogen and oxygen atoms in total. The number of carboxylic acids is 2. The number of aliphatic carboxylic acids is 2. The SMILES string of the molecule is NC(N)=NCCC[C@H](N)C(=O)N[C@@H](Cc1ccccc1)C(=O)N[C@@H](CC(=O)O)C(=O)O. The zero-order valence-electron chi connectivity index (χ0n) is 16.9. The van der Waals surface area contributed by atoms with E-state index < -0.39 is 48.3 Å². The second kappa shape index (κ2) is 12.8. The number of aliphatic imine (C=N–C) groups is 1. The minimum atomic E-state index is -1.64. The summed E-state index contributed by atoms with van der Waals surface area (Å²) in [4.78, 5) is 51.0. The fraction of sp³-hybridized carbons (Fsp3) is 0.421. The second-order valence-electron chi connectivity index (χ2n) is 6.80. The molecule has 0 aliphatic carbocycles. The lowest BCUT2D eigenvalue weighted by Gasteiger charge is -2.22. The van der Waals surface area contributed by atoms with Gasteiger partial charge in [-0.15, -0.1) is 0 Å². The number of guanidine groups is 1. The molecular weight excluding hydrogens is 408 g/mol. The van der Waals surface area contributed by atoms with Crippen molar-refractivity contribution >= 4 is 29.7 Å². The van der Waals surface area contributed by atoms with Gasteiger partial charge in [0.25, 0.3) is 0 Å². The van der Waals surface area contributed by atoms with Crippen LogP contribution in [0.1, 0.15) is 24.8 Å². The van der Waals surface area contributed by atoms with E-state index in [1.807, 2.05) is 0 Å². The van der Waals surface area contributed by atoms with Gasteiger partial charge in [-0.05, 0) is 18.4 Å². The molecule has 10 N–H and O–H groups in total. The monoisotopic (exact) mass is 436 g/mol.